The Bertz CT molecular complexity index is 575. The summed E-state index contributed by atoms with van der Waals surface area (Å²) in [6.45, 7) is 11.5. The van der Waals surface area contributed by atoms with E-state index >= 15 is 0 Å². The van der Waals surface area contributed by atoms with Crippen LogP contribution in [0.5, 0.6) is 11.5 Å². The molecule has 0 aliphatic carbocycles. The molecule has 1 fully saturated rings. The molecule has 1 atom stereocenters. The average molecular weight is 371 g/mol. The number of aromatic hydroxyl groups is 1. The van der Waals surface area contributed by atoms with Gasteiger partial charge in [-0.25, -0.2) is 0 Å². The lowest BCUT2D eigenvalue weighted by atomic mass is 9.94. The quantitative estimate of drug-likeness (QED) is 0.806. The molecule has 1 aliphatic rings. The number of ether oxygens (including phenoxy) is 1. The first-order valence-corrected chi connectivity index (χ1v) is 9.24. The van der Waals surface area contributed by atoms with Crippen LogP contribution in [0.4, 0.5) is 0 Å². The van der Waals surface area contributed by atoms with Crippen molar-refractivity contribution < 1.29 is 14.9 Å². The highest BCUT2D eigenvalue weighted by Gasteiger charge is 2.29. The Morgan fingerprint density at radius 1 is 1.28 bits per heavy atom. The number of nitrogens with zero attached hydrogens (tertiary/aromatic N) is 2. The summed E-state index contributed by atoms with van der Waals surface area (Å²) < 4.78 is 5.19. The molecule has 0 amide bonds. The highest BCUT2D eigenvalue weighted by atomic mass is 35.5. The van der Waals surface area contributed by atoms with E-state index < -0.39 is 0 Å². The summed E-state index contributed by atoms with van der Waals surface area (Å²) in [5.41, 5.74) is 1.19. The van der Waals surface area contributed by atoms with Crippen molar-refractivity contribution in [1.29, 1.82) is 0 Å². The number of rotatable bonds is 6. The summed E-state index contributed by atoms with van der Waals surface area (Å²) in [6, 6.07) is 3.69. The number of piperazine rings is 1. The van der Waals surface area contributed by atoms with E-state index in [1.54, 1.807) is 6.07 Å². The first-order chi connectivity index (χ1) is 11.7. The van der Waals surface area contributed by atoms with E-state index in [0.29, 0.717) is 23.4 Å². The monoisotopic (exact) mass is 370 g/mol. The molecule has 0 radical (unpaired) electrons. The highest BCUT2D eigenvalue weighted by Crippen LogP contribution is 2.33. The van der Waals surface area contributed by atoms with Gasteiger partial charge in [-0.15, -0.1) is 0 Å². The zero-order valence-electron chi connectivity index (χ0n) is 15.8. The standard InChI is InChI=1S/C19H31ClN2O3/c1-19(2,3)13-22-7-6-21(12-15(22)5-8-23)11-14-9-18(25-4)17(24)10-16(14)20/h9-10,15,23-24H,5-8,11-13H2,1-4H3/t15-/m1/s1. The molecule has 1 aromatic rings. The SMILES string of the molecule is COc1cc(CN2CCN(CC(C)(C)C)[C@H](CCO)C2)c(Cl)cc1O. The van der Waals surface area contributed by atoms with Gasteiger partial charge < -0.3 is 14.9 Å². The Kier molecular flexibility index (Phi) is 6.97. The predicted octanol–water partition coefficient (Wildman–Crippen LogP) is 2.97. The van der Waals surface area contributed by atoms with Crippen molar-refractivity contribution in [3.8, 4) is 11.5 Å². The van der Waals surface area contributed by atoms with Gasteiger partial charge in [-0.2, -0.15) is 0 Å². The third-order valence-corrected chi connectivity index (χ3v) is 4.92. The summed E-state index contributed by atoms with van der Waals surface area (Å²) >= 11 is 6.30. The highest BCUT2D eigenvalue weighted by molar-refractivity contribution is 6.31. The number of aliphatic hydroxyl groups excluding tert-OH is 1. The molecule has 2 N–H and O–H groups in total. The van der Waals surface area contributed by atoms with Crippen molar-refractivity contribution in [2.75, 3.05) is 39.9 Å². The minimum absolute atomic E-state index is 0.0596. The number of methoxy groups -OCH3 is 1. The van der Waals surface area contributed by atoms with E-state index in [-0.39, 0.29) is 17.8 Å². The maximum atomic E-state index is 9.82. The van der Waals surface area contributed by atoms with Crippen LogP contribution in [0.15, 0.2) is 12.1 Å². The zero-order valence-corrected chi connectivity index (χ0v) is 16.5. The molecule has 1 saturated heterocycles. The maximum absolute atomic E-state index is 9.82. The largest absolute Gasteiger partial charge is 0.504 e. The predicted molar refractivity (Wildman–Crippen MR) is 101 cm³/mol. The van der Waals surface area contributed by atoms with Crippen LogP contribution in [-0.2, 0) is 6.54 Å². The van der Waals surface area contributed by atoms with Crippen LogP contribution in [0.25, 0.3) is 0 Å². The Morgan fingerprint density at radius 3 is 2.60 bits per heavy atom. The molecule has 0 bridgehead atoms. The molecule has 5 nitrogen and oxygen atoms in total. The normalized spacial score (nSPS) is 20.0. The van der Waals surface area contributed by atoms with Crippen molar-refractivity contribution in [2.24, 2.45) is 5.41 Å². The van der Waals surface area contributed by atoms with Gasteiger partial charge in [-0.1, -0.05) is 32.4 Å². The molecule has 1 aromatic carbocycles. The summed E-state index contributed by atoms with van der Waals surface area (Å²) in [7, 11) is 1.54. The number of hydrogen-bond acceptors (Lipinski definition) is 5. The van der Waals surface area contributed by atoms with Crippen molar-refractivity contribution >= 4 is 11.6 Å². The van der Waals surface area contributed by atoms with Gasteiger partial charge in [0, 0.05) is 56.5 Å². The third-order valence-electron chi connectivity index (χ3n) is 4.57. The first-order valence-electron chi connectivity index (χ1n) is 8.86. The molecule has 6 heteroatoms. The Balaban J connectivity index is 2.07. The van der Waals surface area contributed by atoms with Gasteiger partial charge in [0.1, 0.15) is 0 Å². The van der Waals surface area contributed by atoms with Crippen LogP contribution in [-0.4, -0.2) is 66.0 Å². The van der Waals surface area contributed by atoms with E-state index in [9.17, 15) is 10.2 Å². The van der Waals surface area contributed by atoms with Crippen LogP contribution in [0.1, 0.15) is 32.8 Å². The molecule has 2 rings (SSSR count). The van der Waals surface area contributed by atoms with Gasteiger partial charge in [0.25, 0.3) is 0 Å². The van der Waals surface area contributed by atoms with Gasteiger partial charge >= 0.3 is 0 Å². The fraction of sp³-hybridized carbons (Fsp3) is 0.684. The molecule has 1 heterocycles. The number of aliphatic hydroxyl groups is 1. The molecule has 0 spiro atoms. The molecule has 0 aromatic heterocycles. The van der Waals surface area contributed by atoms with E-state index in [2.05, 4.69) is 30.6 Å². The molecular formula is C19H31ClN2O3. The Labute approximate surface area is 156 Å². The summed E-state index contributed by atoms with van der Waals surface area (Å²) in [6.07, 6.45) is 0.777. The molecule has 142 valence electrons. The van der Waals surface area contributed by atoms with Gasteiger partial charge in [0.15, 0.2) is 11.5 Å². The molecule has 25 heavy (non-hydrogen) atoms. The molecule has 1 aliphatic heterocycles. The van der Waals surface area contributed by atoms with E-state index in [1.165, 1.54) is 13.2 Å². The number of phenols is 1. The second-order valence-electron chi connectivity index (χ2n) is 8.05. The van der Waals surface area contributed by atoms with Crippen molar-refractivity contribution in [1.82, 2.24) is 9.80 Å². The molecule has 0 saturated carbocycles. The van der Waals surface area contributed by atoms with Crippen LogP contribution >= 0.6 is 11.6 Å². The number of phenolic OH excluding ortho intramolecular Hbond substituents is 1. The smallest absolute Gasteiger partial charge is 0.160 e. The number of hydrogen-bond donors (Lipinski definition) is 2. The van der Waals surface area contributed by atoms with Gasteiger partial charge in [0.2, 0.25) is 0 Å². The van der Waals surface area contributed by atoms with Crippen LogP contribution < -0.4 is 4.74 Å². The Morgan fingerprint density at radius 2 is 2.00 bits per heavy atom. The lowest BCUT2D eigenvalue weighted by Gasteiger charge is -2.44. The third kappa shape index (κ3) is 5.74. The molecule has 0 unspecified atom stereocenters. The van der Waals surface area contributed by atoms with Gasteiger partial charge in [0.05, 0.1) is 7.11 Å². The van der Waals surface area contributed by atoms with E-state index in [4.69, 9.17) is 16.3 Å². The average Bonchev–Trinajstić information content (AvgIpc) is 2.51. The van der Waals surface area contributed by atoms with Crippen LogP contribution in [0, 0.1) is 5.41 Å². The fourth-order valence-corrected chi connectivity index (χ4v) is 3.67. The minimum atomic E-state index is 0.0596. The number of halogens is 1. The van der Waals surface area contributed by atoms with Crippen molar-refractivity contribution in [2.45, 2.75) is 39.8 Å². The van der Waals surface area contributed by atoms with Gasteiger partial charge in [-0.3, -0.25) is 9.80 Å². The first kappa shape index (κ1) is 20.3. The fourth-order valence-electron chi connectivity index (χ4n) is 3.45. The summed E-state index contributed by atoms with van der Waals surface area (Å²) in [5.74, 6) is 0.502. The van der Waals surface area contributed by atoms with E-state index in [1.807, 2.05) is 0 Å². The lowest BCUT2D eigenvalue weighted by molar-refractivity contribution is 0.0339. The van der Waals surface area contributed by atoms with Crippen molar-refractivity contribution in [3.05, 3.63) is 22.7 Å². The summed E-state index contributed by atoms with van der Waals surface area (Å²) in [4.78, 5) is 4.85. The van der Waals surface area contributed by atoms with Gasteiger partial charge in [-0.05, 0) is 23.5 Å². The zero-order chi connectivity index (χ0) is 18.6. The second kappa shape index (κ2) is 8.58. The second-order valence-corrected chi connectivity index (χ2v) is 8.46. The Hall–Kier alpha value is -1.01. The van der Waals surface area contributed by atoms with Crippen LogP contribution in [0.2, 0.25) is 5.02 Å². The van der Waals surface area contributed by atoms with Crippen molar-refractivity contribution in [3.63, 3.8) is 0 Å². The molecular weight excluding hydrogens is 340 g/mol. The summed E-state index contributed by atoms with van der Waals surface area (Å²) in [5, 5.41) is 19.8. The van der Waals surface area contributed by atoms with E-state index in [0.717, 1.165) is 38.2 Å². The topological polar surface area (TPSA) is 56.2 Å². The number of benzene rings is 1. The lowest BCUT2D eigenvalue weighted by Crippen LogP contribution is -2.54. The minimum Gasteiger partial charge on any atom is -0.504 e. The maximum Gasteiger partial charge on any atom is 0.160 e. The van der Waals surface area contributed by atoms with Crippen LogP contribution in [0.3, 0.4) is 0 Å².